The lowest BCUT2D eigenvalue weighted by molar-refractivity contribution is 0.0746. The van der Waals surface area contributed by atoms with Gasteiger partial charge in [-0.2, -0.15) is 9.36 Å². The number of aromatic nitrogens is 2. The van der Waals surface area contributed by atoms with E-state index in [4.69, 9.17) is 14.2 Å². The van der Waals surface area contributed by atoms with Crippen LogP contribution in [-0.2, 0) is 6.42 Å². The minimum absolute atomic E-state index is 0.00879. The highest BCUT2D eigenvalue weighted by molar-refractivity contribution is 7.07. The molecule has 5 rings (SSSR count). The molecule has 0 bridgehead atoms. The van der Waals surface area contributed by atoms with Crippen molar-refractivity contribution >= 4 is 23.1 Å². The number of methoxy groups -OCH3 is 2. The first-order valence-electron chi connectivity index (χ1n) is 12.5. The molecule has 1 amide bonds. The van der Waals surface area contributed by atoms with E-state index in [1.165, 1.54) is 11.5 Å². The van der Waals surface area contributed by atoms with Gasteiger partial charge in [-0.1, -0.05) is 30.3 Å². The van der Waals surface area contributed by atoms with E-state index in [0.717, 1.165) is 41.4 Å². The van der Waals surface area contributed by atoms with Crippen molar-refractivity contribution < 1.29 is 19.0 Å². The molecule has 38 heavy (non-hydrogen) atoms. The van der Waals surface area contributed by atoms with Gasteiger partial charge >= 0.3 is 0 Å². The summed E-state index contributed by atoms with van der Waals surface area (Å²) in [7, 11) is 3.33. The fraction of sp³-hybridized carbons (Fsp3) is 0.276. The molecule has 0 saturated carbocycles. The van der Waals surface area contributed by atoms with E-state index in [9.17, 15) is 4.79 Å². The maximum atomic E-state index is 13.3. The van der Waals surface area contributed by atoms with Crippen LogP contribution in [0, 0.1) is 6.92 Å². The Morgan fingerprint density at radius 3 is 2.53 bits per heavy atom. The molecule has 0 spiro atoms. The lowest BCUT2D eigenvalue weighted by Crippen LogP contribution is -2.48. The van der Waals surface area contributed by atoms with E-state index in [-0.39, 0.29) is 5.91 Å². The number of hydrogen-bond donors (Lipinski definition) is 0. The lowest BCUT2D eigenvalue weighted by atomic mass is 10.1. The summed E-state index contributed by atoms with van der Waals surface area (Å²) in [6.45, 7) is 4.69. The van der Waals surface area contributed by atoms with Gasteiger partial charge in [0, 0.05) is 49.7 Å². The SMILES string of the molecule is COc1cccc(Cc2nsc(Oc3cc(C(=O)N4CCN(c5ccccc5OC)CC4)ccc3C)n2)c1. The first kappa shape index (κ1) is 25.5. The number of amides is 1. The maximum Gasteiger partial charge on any atom is 0.298 e. The van der Waals surface area contributed by atoms with Crippen LogP contribution in [0.2, 0.25) is 0 Å². The summed E-state index contributed by atoms with van der Waals surface area (Å²) in [5, 5.41) is 0.445. The second kappa shape index (κ2) is 11.5. The number of benzene rings is 3. The zero-order chi connectivity index (χ0) is 26.5. The predicted molar refractivity (Wildman–Crippen MR) is 148 cm³/mol. The van der Waals surface area contributed by atoms with Crippen LogP contribution < -0.4 is 19.1 Å². The van der Waals surface area contributed by atoms with E-state index >= 15 is 0 Å². The zero-order valence-electron chi connectivity index (χ0n) is 21.7. The third kappa shape index (κ3) is 5.73. The molecule has 1 aliphatic heterocycles. The van der Waals surface area contributed by atoms with Gasteiger partial charge in [0.15, 0.2) is 5.82 Å². The van der Waals surface area contributed by atoms with E-state index in [1.807, 2.05) is 66.4 Å². The quantitative estimate of drug-likeness (QED) is 0.310. The van der Waals surface area contributed by atoms with E-state index in [2.05, 4.69) is 20.3 Å². The highest BCUT2D eigenvalue weighted by atomic mass is 32.1. The molecule has 0 aliphatic carbocycles. The van der Waals surface area contributed by atoms with Gasteiger partial charge in [-0.15, -0.1) is 0 Å². The number of hydrogen-bond acceptors (Lipinski definition) is 8. The number of anilines is 1. The normalized spacial score (nSPS) is 13.3. The molecule has 3 aromatic carbocycles. The van der Waals surface area contributed by atoms with Gasteiger partial charge in [0.1, 0.15) is 17.2 Å². The first-order chi connectivity index (χ1) is 18.5. The molecular formula is C29H30N4O4S. The number of para-hydroxylation sites is 2. The average molecular weight is 531 g/mol. The second-order valence-corrected chi connectivity index (χ2v) is 9.75. The Morgan fingerprint density at radius 1 is 0.921 bits per heavy atom. The van der Waals surface area contributed by atoms with E-state index < -0.39 is 0 Å². The van der Waals surface area contributed by atoms with Crippen LogP contribution in [-0.4, -0.2) is 60.6 Å². The maximum absolute atomic E-state index is 13.3. The topological polar surface area (TPSA) is 77.0 Å². The lowest BCUT2D eigenvalue weighted by Gasteiger charge is -2.36. The fourth-order valence-corrected chi connectivity index (χ4v) is 5.04. The van der Waals surface area contributed by atoms with E-state index in [1.54, 1.807) is 20.3 Å². The Bertz CT molecular complexity index is 1420. The average Bonchev–Trinajstić information content (AvgIpc) is 3.40. The number of carbonyl (C=O) groups is 1. The molecule has 0 radical (unpaired) electrons. The molecule has 8 nitrogen and oxygen atoms in total. The van der Waals surface area contributed by atoms with Crippen LogP contribution in [0.4, 0.5) is 5.69 Å². The largest absolute Gasteiger partial charge is 0.497 e. The smallest absolute Gasteiger partial charge is 0.298 e. The number of aryl methyl sites for hydroxylation is 1. The van der Waals surface area contributed by atoms with Crippen LogP contribution >= 0.6 is 11.5 Å². The minimum Gasteiger partial charge on any atom is -0.497 e. The van der Waals surface area contributed by atoms with Crippen molar-refractivity contribution in [3.05, 3.63) is 89.2 Å². The summed E-state index contributed by atoms with van der Waals surface area (Å²) in [5.41, 5.74) is 3.63. The standard InChI is InChI=1S/C29H30N4O4S/c1-20-11-12-22(28(34)33-15-13-32(14-16-33)24-9-4-5-10-25(24)36-3)19-26(20)37-29-30-27(31-38-29)18-21-7-6-8-23(17-21)35-2/h4-12,17,19H,13-16,18H2,1-3H3. The summed E-state index contributed by atoms with van der Waals surface area (Å²) in [4.78, 5) is 22.0. The van der Waals surface area contributed by atoms with Crippen molar-refractivity contribution in [3.8, 4) is 22.4 Å². The molecule has 4 aromatic rings. The molecule has 2 heterocycles. The Kier molecular flexibility index (Phi) is 7.74. The van der Waals surface area contributed by atoms with Crippen LogP contribution in [0.25, 0.3) is 0 Å². The minimum atomic E-state index is -0.00879. The molecule has 0 unspecified atom stereocenters. The number of carbonyl (C=O) groups excluding carboxylic acids is 1. The molecular weight excluding hydrogens is 500 g/mol. The Hall–Kier alpha value is -4.11. The molecule has 196 valence electrons. The third-order valence-corrected chi connectivity index (χ3v) is 7.20. The first-order valence-corrected chi connectivity index (χ1v) is 13.2. The summed E-state index contributed by atoms with van der Waals surface area (Å²) >= 11 is 1.20. The summed E-state index contributed by atoms with van der Waals surface area (Å²) < 4.78 is 21.3. The molecule has 1 saturated heterocycles. The Balaban J connectivity index is 1.23. The molecule has 0 atom stereocenters. The van der Waals surface area contributed by atoms with Gasteiger partial charge in [-0.3, -0.25) is 4.79 Å². The van der Waals surface area contributed by atoms with Gasteiger partial charge in [-0.25, -0.2) is 0 Å². The second-order valence-electron chi connectivity index (χ2n) is 9.04. The monoisotopic (exact) mass is 530 g/mol. The number of nitrogens with zero attached hydrogens (tertiary/aromatic N) is 4. The molecule has 1 aromatic heterocycles. The third-order valence-electron chi connectivity index (χ3n) is 6.57. The predicted octanol–water partition coefficient (Wildman–Crippen LogP) is 5.21. The number of piperazine rings is 1. The molecule has 9 heteroatoms. The van der Waals surface area contributed by atoms with Gasteiger partial charge < -0.3 is 24.0 Å². The summed E-state index contributed by atoms with van der Waals surface area (Å²) in [5.74, 6) is 2.91. The van der Waals surface area contributed by atoms with E-state index in [0.29, 0.717) is 41.8 Å². The molecule has 1 aliphatic rings. The van der Waals surface area contributed by atoms with Gasteiger partial charge in [0.05, 0.1) is 19.9 Å². The van der Waals surface area contributed by atoms with Crippen molar-refractivity contribution in [2.75, 3.05) is 45.3 Å². The van der Waals surface area contributed by atoms with Gasteiger partial charge in [0.2, 0.25) is 0 Å². The van der Waals surface area contributed by atoms with Crippen molar-refractivity contribution in [2.45, 2.75) is 13.3 Å². The molecule has 1 fully saturated rings. The zero-order valence-corrected chi connectivity index (χ0v) is 22.5. The molecule has 0 N–H and O–H groups in total. The highest BCUT2D eigenvalue weighted by Gasteiger charge is 2.24. The van der Waals surface area contributed by atoms with Crippen LogP contribution in [0.15, 0.2) is 66.7 Å². The van der Waals surface area contributed by atoms with Crippen LogP contribution in [0.3, 0.4) is 0 Å². The Labute approximate surface area is 226 Å². The van der Waals surface area contributed by atoms with Crippen molar-refractivity contribution in [3.63, 3.8) is 0 Å². The Morgan fingerprint density at radius 2 is 1.74 bits per heavy atom. The number of rotatable bonds is 8. The number of ether oxygens (including phenoxy) is 3. The van der Waals surface area contributed by atoms with Gasteiger partial charge in [0.25, 0.3) is 11.1 Å². The van der Waals surface area contributed by atoms with Crippen LogP contribution in [0.1, 0.15) is 27.3 Å². The van der Waals surface area contributed by atoms with Crippen molar-refractivity contribution in [1.82, 2.24) is 14.3 Å². The van der Waals surface area contributed by atoms with Gasteiger partial charge in [-0.05, 0) is 54.4 Å². The van der Waals surface area contributed by atoms with Crippen molar-refractivity contribution in [2.24, 2.45) is 0 Å². The van der Waals surface area contributed by atoms with Crippen LogP contribution in [0.5, 0.6) is 22.4 Å². The highest BCUT2D eigenvalue weighted by Crippen LogP contribution is 2.30. The van der Waals surface area contributed by atoms with Crippen molar-refractivity contribution in [1.29, 1.82) is 0 Å². The fourth-order valence-electron chi connectivity index (χ4n) is 4.48. The summed E-state index contributed by atoms with van der Waals surface area (Å²) in [6.07, 6.45) is 0.579. The summed E-state index contributed by atoms with van der Waals surface area (Å²) in [6, 6.07) is 21.4.